The number of rotatable bonds is 2. The van der Waals surface area contributed by atoms with Crippen LogP contribution in [0.2, 0.25) is 0 Å². The van der Waals surface area contributed by atoms with Crippen LogP contribution in [0.4, 0.5) is 10.1 Å². The van der Waals surface area contributed by atoms with Gasteiger partial charge in [0.05, 0.1) is 11.3 Å². The Balaban J connectivity index is 2.22. The van der Waals surface area contributed by atoms with Gasteiger partial charge >= 0.3 is 0 Å². The van der Waals surface area contributed by atoms with Crippen molar-refractivity contribution >= 4 is 11.6 Å². The number of aromatic nitrogens is 1. The summed E-state index contributed by atoms with van der Waals surface area (Å²) < 4.78 is 13.4. The van der Waals surface area contributed by atoms with E-state index < -0.39 is 5.82 Å². The fourth-order valence-electron chi connectivity index (χ4n) is 1.43. The van der Waals surface area contributed by atoms with Gasteiger partial charge in [0.2, 0.25) is 0 Å². The van der Waals surface area contributed by atoms with Crippen molar-refractivity contribution in [3.63, 3.8) is 0 Å². The maximum Gasteiger partial charge on any atom is 0.257 e. The molecule has 0 saturated heterocycles. The van der Waals surface area contributed by atoms with Gasteiger partial charge in [-0.2, -0.15) is 0 Å². The van der Waals surface area contributed by atoms with Crippen molar-refractivity contribution in [3.05, 3.63) is 59.7 Å². The van der Waals surface area contributed by atoms with Crippen molar-refractivity contribution in [2.45, 2.75) is 6.92 Å². The van der Waals surface area contributed by atoms with E-state index in [0.29, 0.717) is 5.56 Å². The summed E-state index contributed by atoms with van der Waals surface area (Å²) in [4.78, 5) is 15.6. The summed E-state index contributed by atoms with van der Waals surface area (Å²) in [5.74, 6) is -0.824. The van der Waals surface area contributed by atoms with Gasteiger partial charge in [-0.05, 0) is 36.8 Å². The standard InChI is InChI=1S/C13H11FN2O/c1-9-4-5-11(14)12(7-9)16-13(17)10-3-2-6-15-8-10/h2-8H,1H3,(H,16,17). The number of halogens is 1. The van der Waals surface area contributed by atoms with Gasteiger partial charge in [-0.3, -0.25) is 9.78 Å². The van der Waals surface area contributed by atoms with Crippen molar-refractivity contribution in [1.82, 2.24) is 4.98 Å². The molecule has 1 amide bonds. The van der Waals surface area contributed by atoms with Gasteiger partial charge in [0.15, 0.2) is 0 Å². The number of hydrogen-bond donors (Lipinski definition) is 1. The third kappa shape index (κ3) is 2.66. The predicted molar refractivity (Wildman–Crippen MR) is 63.3 cm³/mol. The Hall–Kier alpha value is -2.23. The normalized spacial score (nSPS) is 10.0. The molecule has 17 heavy (non-hydrogen) atoms. The number of amides is 1. The Morgan fingerprint density at radius 2 is 2.18 bits per heavy atom. The van der Waals surface area contributed by atoms with Gasteiger partial charge in [0.25, 0.3) is 5.91 Å². The Morgan fingerprint density at radius 1 is 1.35 bits per heavy atom. The van der Waals surface area contributed by atoms with Crippen LogP contribution in [0.15, 0.2) is 42.7 Å². The molecule has 0 aliphatic carbocycles. The van der Waals surface area contributed by atoms with Crippen LogP contribution in [0.5, 0.6) is 0 Å². The van der Waals surface area contributed by atoms with Crippen LogP contribution in [0.3, 0.4) is 0 Å². The second-order valence-electron chi connectivity index (χ2n) is 3.68. The summed E-state index contributed by atoms with van der Waals surface area (Å²) in [6, 6.07) is 7.84. The molecule has 1 aromatic heterocycles. The first-order valence-corrected chi connectivity index (χ1v) is 5.14. The summed E-state index contributed by atoms with van der Waals surface area (Å²) in [6.45, 7) is 1.83. The van der Waals surface area contributed by atoms with Crippen LogP contribution < -0.4 is 5.32 Å². The zero-order chi connectivity index (χ0) is 12.3. The van der Waals surface area contributed by atoms with Crippen LogP contribution in [-0.2, 0) is 0 Å². The van der Waals surface area contributed by atoms with Crippen molar-refractivity contribution in [2.24, 2.45) is 0 Å². The molecule has 0 unspecified atom stereocenters. The number of benzene rings is 1. The Bertz CT molecular complexity index is 540. The molecule has 2 aromatic rings. The van der Waals surface area contributed by atoms with E-state index in [4.69, 9.17) is 0 Å². The monoisotopic (exact) mass is 230 g/mol. The van der Waals surface area contributed by atoms with E-state index in [-0.39, 0.29) is 11.6 Å². The number of nitrogens with zero attached hydrogens (tertiary/aromatic N) is 1. The van der Waals surface area contributed by atoms with Crippen molar-refractivity contribution in [1.29, 1.82) is 0 Å². The largest absolute Gasteiger partial charge is 0.319 e. The summed E-state index contributed by atoms with van der Waals surface area (Å²) >= 11 is 0. The van der Waals surface area contributed by atoms with Gasteiger partial charge in [0, 0.05) is 12.4 Å². The minimum absolute atomic E-state index is 0.179. The minimum Gasteiger partial charge on any atom is -0.319 e. The van der Waals surface area contributed by atoms with E-state index in [1.54, 1.807) is 30.5 Å². The molecule has 0 aliphatic rings. The molecule has 3 nitrogen and oxygen atoms in total. The maximum atomic E-state index is 13.4. The number of hydrogen-bond acceptors (Lipinski definition) is 2. The number of anilines is 1. The zero-order valence-corrected chi connectivity index (χ0v) is 9.27. The van der Waals surface area contributed by atoms with Gasteiger partial charge in [-0.15, -0.1) is 0 Å². The average Bonchev–Trinajstić information content (AvgIpc) is 2.35. The van der Waals surface area contributed by atoms with Gasteiger partial charge < -0.3 is 5.32 Å². The molecule has 4 heteroatoms. The fraction of sp³-hybridized carbons (Fsp3) is 0.0769. The third-order valence-electron chi connectivity index (χ3n) is 2.29. The molecule has 1 N–H and O–H groups in total. The molecule has 0 saturated carbocycles. The highest BCUT2D eigenvalue weighted by Crippen LogP contribution is 2.16. The summed E-state index contributed by atoms with van der Waals surface area (Å²) in [5.41, 5.74) is 1.46. The molecule has 86 valence electrons. The van der Waals surface area contributed by atoms with Crippen LogP contribution in [0, 0.1) is 12.7 Å². The first kappa shape index (κ1) is 11.3. The second kappa shape index (κ2) is 4.74. The Kier molecular flexibility index (Phi) is 3.14. The lowest BCUT2D eigenvalue weighted by Crippen LogP contribution is -2.13. The lowest BCUT2D eigenvalue weighted by atomic mass is 10.2. The zero-order valence-electron chi connectivity index (χ0n) is 9.27. The van der Waals surface area contributed by atoms with E-state index in [2.05, 4.69) is 10.3 Å². The van der Waals surface area contributed by atoms with Crippen molar-refractivity contribution < 1.29 is 9.18 Å². The Labute approximate surface area is 98.3 Å². The number of carbonyl (C=O) groups excluding carboxylic acids is 1. The molecule has 0 fully saturated rings. The van der Waals surface area contributed by atoms with Crippen LogP contribution in [-0.4, -0.2) is 10.9 Å². The maximum absolute atomic E-state index is 13.4. The molecule has 0 aliphatic heterocycles. The molecular formula is C13H11FN2O. The van der Waals surface area contributed by atoms with Crippen LogP contribution in [0.25, 0.3) is 0 Å². The van der Waals surface area contributed by atoms with Crippen LogP contribution in [0.1, 0.15) is 15.9 Å². The van der Waals surface area contributed by atoms with E-state index in [1.807, 2.05) is 6.92 Å². The highest BCUT2D eigenvalue weighted by Gasteiger charge is 2.09. The number of pyridine rings is 1. The van der Waals surface area contributed by atoms with Gasteiger partial charge in [-0.25, -0.2) is 4.39 Å². The summed E-state index contributed by atoms with van der Waals surface area (Å²) in [7, 11) is 0. The lowest BCUT2D eigenvalue weighted by Gasteiger charge is -2.06. The molecule has 1 aromatic carbocycles. The van der Waals surface area contributed by atoms with Crippen molar-refractivity contribution in [2.75, 3.05) is 5.32 Å². The third-order valence-corrected chi connectivity index (χ3v) is 2.29. The first-order valence-electron chi connectivity index (χ1n) is 5.14. The van der Waals surface area contributed by atoms with Gasteiger partial charge in [0.1, 0.15) is 5.82 Å². The van der Waals surface area contributed by atoms with E-state index in [1.165, 1.54) is 12.3 Å². The molecule has 0 spiro atoms. The number of aryl methyl sites for hydroxylation is 1. The average molecular weight is 230 g/mol. The van der Waals surface area contributed by atoms with Crippen LogP contribution >= 0.6 is 0 Å². The molecule has 0 bridgehead atoms. The fourth-order valence-corrected chi connectivity index (χ4v) is 1.43. The number of carbonyl (C=O) groups is 1. The Morgan fingerprint density at radius 3 is 2.88 bits per heavy atom. The van der Waals surface area contributed by atoms with E-state index >= 15 is 0 Å². The van der Waals surface area contributed by atoms with E-state index in [0.717, 1.165) is 5.56 Å². The molecule has 1 heterocycles. The first-order chi connectivity index (χ1) is 8.16. The highest BCUT2D eigenvalue weighted by molar-refractivity contribution is 6.04. The lowest BCUT2D eigenvalue weighted by molar-refractivity contribution is 0.102. The molecule has 0 atom stereocenters. The topological polar surface area (TPSA) is 42.0 Å². The number of nitrogens with one attached hydrogen (secondary N) is 1. The van der Waals surface area contributed by atoms with Gasteiger partial charge in [-0.1, -0.05) is 6.07 Å². The minimum atomic E-state index is -0.451. The molecule has 0 radical (unpaired) electrons. The quantitative estimate of drug-likeness (QED) is 0.861. The molecule has 2 rings (SSSR count). The predicted octanol–water partition coefficient (Wildman–Crippen LogP) is 2.78. The summed E-state index contributed by atoms with van der Waals surface area (Å²) in [6.07, 6.45) is 3.01. The van der Waals surface area contributed by atoms with Crippen molar-refractivity contribution in [3.8, 4) is 0 Å². The summed E-state index contributed by atoms with van der Waals surface area (Å²) in [5, 5.41) is 2.51. The SMILES string of the molecule is Cc1ccc(F)c(NC(=O)c2cccnc2)c1. The molecular weight excluding hydrogens is 219 g/mol. The smallest absolute Gasteiger partial charge is 0.257 e. The highest BCUT2D eigenvalue weighted by atomic mass is 19.1. The second-order valence-corrected chi connectivity index (χ2v) is 3.68. The van der Waals surface area contributed by atoms with E-state index in [9.17, 15) is 9.18 Å².